The maximum atomic E-state index is 13.6. The van der Waals surface area contributed by atoms with Gasteiger partial charge in [-0.05, 0) is 121 Å². The second-order valence-corrected chi connectivity index (χ2v) is 11.9. The number of hydrogen-bond acceptors (Lipinski definition) is 6. The third kappa shape index (κ3) is 6.79. The Balaban J connectivity index is 1.14. The molecule has 3 aliphatic heterocycles. The number of phenols is 1. The number of rotatable bonds is 10. The molecule has 1 amide bonds. The average Bonchev–Trinajstić information content (AvgIpc) is 2.92. The van der Waals surface area contributed by atoms with E-state index in [0.717, 1.165) is 86.5 Å². The first-order chi connectivity index (χ1) is 17.8. The lowest BCUT2D eigenvalue weighted by atomic mass is 9.86. The summed E-state index contributed by atoms with van der Waals surface area (Å²) in [4.78, 5) is 15.6. The van der Waals surface area contributed by atoms with Crippen molar-refractivity contribution in [2.24, 2.45) is 5.92 Å². The van der Waals surface area contributed by atoms with Crippen LogP contribution in [0.2, 0.25) is 0 Å². The highest BCUT2D eigenvalue weighted by atomic mass is 16.5. The van der Waals surface area contributed by atoms with Gasteiger partial charge in [-0.15, -0.1) is 0 Å². The normalized spacial score (nSPS) is 24.5. The number of piperidine rings is 2. The second kappa shape index (κ2) is 12.8. The Kier molecular flexibility index (Phi) is 9.76. The molecule has 2 fully saturated rings. The molecule has 0 saturated carbocycles. The van der Waals surface area contributed by atoms with Gasteiger partial charge in [-0.1, -0.05) is 6.42 Å². The molecule has 0 radical (unpaired) electrons. The van der Waals surface area contributed by atoms with Crippen LogP contribution in [0.5, 0.6) is 11.5 Å². The number of ether oxygens (including phenoxy) is 1. The number of amides is 1. The van der Waals surface area contributed by atoms with E-state index in [1.807, 2.05) is 32.6 Å². The van der Waals surface area contributed by atoms with Crippen molar-refractivity contribution in [3.63, 3.8) is 0 Å². The molecule has 7 nitrogen and oxygen atoms in total. The van der Waals surface area contributed by atoms with Crippen LogP contribution in [-0.4, -0.2) is 73.4 Å². The van der Waals surface area contributed by atoms with E-state index in [2.05, 4.69) is 16.0 Å². The number of likely N-dealkylation sites (tertiary alicyclic amines) is 1. The van der Waals surface area contributed by atoms with Crippen LogP contribution in [-0.2, 0) is 11.2 Å². The van der Waals surface area contributed by atoms with Gasteiger partial charge in [0, 0.05) is 37.7 Å². The molecule has 4 N–H and O–H groups in total. The van der Waals surface area contributed by atoms with Gasteiger partial charge in [0.1, 0.15) is 11.5 Å². The predicted octanol–water partition coefficient (Wildman–Crippen LogP) is 3.74. The van der Waals surface area contributed by atoms with Crippen molar-refractivity contribution in [3.8, 4) is 11.5 Å². The summed E-state index contributed by atoms with van der Waals surface area (Å²) in [7, 11) is 0. The molecule has 0 bridgehead atoms. The molecular formula is C30H50N4O3. The minimum Gasteiger partial charge on any atom is -0.507 e. The molecule has 2 unspecified atom stereocenters. The number of fused-ring (bicyclic) bond motifs is 1. The summed E-state index contributed by atoms with van der Waals surface area (Å²) in [5, 5.41) is 21.3. The van der Waals surface area contributed by atoms with Crippen molar-refractivity contribution in [2.45, 2.75) is 97.1 Å². The Morgan fingerprint density at radius 2 is 1.73 bits per heavy atom. The van der Waals surface area contributed by atoms with Crippen LogP contribution >= 0.6 is 0 Å². The largest absolute Gasteiger partial charge is 0.507 e. The van der Waals surface area contributed by atoms with E-state index < -0.39 is 5.60 Å². The predicted molar refractivity (Wildman–Crippen MR) is 150 cm³/mol. The molecular weight excluding hydrogens is 464 g/mol. The SMILES string of the molecule is Cc1c(C)c2c(c(C)c1O)CCC(C)(C(=O)N1CCC(CNCCCCNCC3CCCCN3)CC1)O2. The van der Waals surface area contributed by atoms with Crippen LogP contribution in [0, 0.1) is 26.7 Å². The van der Waals surface area contributed by atoms with E-state index >= 15 is 0 Å². The summed E-state index contributed by atoms with van der Waals surface area (Å²) < 4.78 is 6.44. The topological polar surface area (TPSA) is 85.9 Å². The second-order valence-electron chi connectivity index (χ2n) is 11.9. The van der Waals surface area contributed by atoms with E-state index in [4.69, 9.17) is 4.74 Å². The van der Waals surface area contributed by atoms with E-state index in [0.29, 0.717) is 24.1 Å². The molecule has 7 heteroatoms. The van der Waals surface area contributed by atoms with E-state index in [-0.39, 0.29) is 5.91 Å². The molecule has 1 aromatic carbocycles. The molecule has 4 rings (SSSR count). The van der Waals surface area contributed by atoms with E-state index in [1.54, 1.807) is 0 Å². The lowest BCUT2D eigenvalue weighted by Crippen LogP contribution is -2.54. The van der Waals surface area contributed by atoms with Crippen LogP contribution in [0.1, 0.15) is 80.5 Å². The van der Waals surface area contributed by atoms with Gasteiger partial charge in [-0.2, -0.15) is 0 Å². The molecule has 208 valence electrons. The lowest BCUT2D eigenvalue weighted by Gasteiger charge is -2.41. The fraction of sp³-hybridized carbons (Fsp3) is 0.767. The van der Waals surface area contributed by atoms with Gasteiger partial charge >= 0.3 is 0 Å². The number of carbonyl (C=O) groups excluding carboxylic acids is 1. The first-order valence-corrected chi connectivity index (χ1v) is 14.7. The van der Waals surface area contributed by atoms with Crippen molar-refractivity contribution < 1.29 is 14.6 Å². The minimum atomic E-state index is -0.834. The Morgan fingerprint density at radius 3 is 2.41 bits per heavy atom. The van der Waals surface area contributed by atoms with Crippen molar-refractivity contribution in [3.05, 3.63) is 22.3 Å². The van der Waals surface area contributed by atoms with Crippen molar-refractivity contribution in [1.29, 1.82) is 0 Å². The van der Waals surface area contributed by atoms with Crippen LogP contribution in [0.15, 0.2) is 0 Å². The molecule has 0 spiro atoms. The molecule has 2 saturated heterocycles. The van der Waals surface area contributed by atoms with Crippen molar-refractivity contribution >= 4 is 5.91 Å². The smallest absolute Gasteiger partial charge is 0.266 e. The van der Waals surface area contributed by atoms with Crippen LogP contribution < -0.4 is 20.7 Å². The highest BCUT2D eigenvalue weighted by Crippen LogP contribution is 2.43. The summed E-state index contributed by atoms with van der Waals surface area (Å²) in [5.74, 6) is 1.91. The van der Waals surface area contributed by atoms with Crippen molar-refractivity contribution in [1.82, 2.24) is 20.9 Å². The number of aromatic hydroxyl groups is 1. The van der Waals surface area contributed by atoms with Crippen LogP contribution in [0.3, 0.4) is 0 Å². The summed E-state index contributed by atoms with van der Waals surface area (Å²) in [6.45, 7) is 14.9. The molecule has 37 heavy (non-hydrogen) atoms. The average molecular weight is 515 g/mol. The minimum absolute atomic E-state index is 0.114. The van der Waals surface area contributed by atoms with Crippen LogP contribution in [0.4, 0.5) is 0 Å². The highest BCUT2D eigenvalue weighted by molar-refractivity contribution is 5.86. The Hall–Kier alpha value is -1.83. The van der Waals surface area contributed by atoms with Gasteiger partial charge in [0.25, 0.3) is 5.91 Å². The van der Waals surface area contributed by atoms with E-state index in [9.17, 15) is 9.90 Å². The summed E-state index contributed by atoms with van der Waals surface area (Å²) in [6, 6.07) is 0.666. The number of unbranched alkanes of at least 4 members (excludes halogenated alkanes) is 1. The number of nitrogens with zero attached hydrogens (tertiary/aromatic N) is 1. The zero-order valence-electron chi connectivity index (χ0n) is 23.7. The maximum absolute atomic E-state index is 13.6. The Bertz CT molecular complexity index is 922. The fourth-order valence-corrected chi connectivity index (χ4v) is 6.25. The Morgan fingerprint density at radius 1 is 1.03 bits per heavy atom. The van der Waals surface area contributed by atoms with Crippen molar-refractivity contribution in [2.75, 3.05) is 45.8 Å². The zero-order valence-corrected chi connectivity index (χ0v) is 23.7. The fourth-order valence-electron chi connectivity index (χ4n) is 6.25. The summed E-state index contributed by atoms with van der Waals surface area (Å²) in [6.07, 6.45) is 9.92. The maximum Gasteiger partial charge on any atom is 0.266 e. The number of hydrogen-bond donors (Lipinski definition) is 4. The monoisotopic (exact) mass is 514 g/mol. The van der Waals surface area contributed by atoms with Gasteiger partial charge in [-0.25, -0.2) is 0 Å². The number of phenolic OH excluding ortho intramolecular Hbond substituents is 1. The number of benzene rings is 1. The first kappa shape index (κ1) is 28.2. The first-order valence-electron chi connectivity index (χ1n) is 14.7. The third-order valence-corrected chi connectivity index (χ3v) is 9.07. The zero-order chi connectivity index (χ0) is 26.4. The molecule has 3 heterocycles. The standard InChI is InChI=1S/C30H50N4O3/c1-21-22(2)28-26(23(3)27(21)35)10-13-30(4,37-28)29(36)34-17-11-24(12-18-34)19-31-14-7-8-15-32-20-25-9-5-6-16-33-25/h24-25,31-33,35H,5-20H2,1-4H3. The molecule has 0 aromatic heterocycles. The number of nitrogens with one attached hydrogen (secondary N) is 3. The van der Waals surface area contributed by atoms with Gasteiger partial charge in [0.05, 0.1) is 0 Å². The van der Waals surface area contributed by atoms with Gasteiger partial charge < -0.3 is 30.7 Å². The third-order valence-electron chi connectivity index (χ3n) is 9.07. The quantitative estimate of drug-likeness (QED) is 0.356. The van der Waals surface area contributed by atoms with Gasteiger partial charge in [0.2, 0.25) is 0 Å². The summed E-state index contributed by atoms with van der Waals surface area (Å²) >= 11 is 0. The molecule has 3 aliphatic rings. The van der Waals surface area contributed by atoms with Crippen LogP contribution in [0.25, 0.3) is 0 Å². The van der Waals surface area contributed by atoms with Gasteiger partial charge in [-0.3, -0.25) is 4.79 Å². The number of carbonyl (C=O) groups is 1. The molecule has 0 aliphatic carbocycles. The molecule has 2 atom stereocenters. The van der Waals surface area contributed by atoms with E-state index in [1.165, 1.54) is 38.6 Å². The molecule has 1 aromatic rings. The lowest BCUT2D eigenvalue weighted by molar-refractivity contribution is -0.149. The van der Waals surface area contributed by atoms with Gasteiger partial charge in [0.15, 0.2) is 5.60 Å². The summed E-state index contributed by atoms with van der Waals surface area (Å²) in [5.41, 5.74) is 2.88. The Labute approximate surface area is 224 Å². The highest BCUT2D eigenvalue weighted by Gasteiger charge is 2.43.